The smallest absolute Gasteiger partial charge is 0.241 e. The van der Waals surface area contributed by atoms with E-state index in [-0.39, 0.29) is 24.2 Å². The van der Waals surface area contributed by atoms with E-state index in [1.54, 1.807) is 0 Å². The van der Waals surface area contributed by atoms with Crippen molar-refractivity contribution in [1.82, 2.24) is 15.1 Å². The Balaban J connectivity index is 2.62. The van der Waals surface area contributed by atoms with Crippen LogP contribution in [0.25, 0.3) is 0 Å². The largest absolute Gasteiger partial charge is 0.322 e. The third-order valence-corrected chi connectivity index (χ3v) is 3.71. The van der Waals surface area contributed by atoms with Crippen molar-refractivity contribution in [2.24, 2.45) is 0 Å². The summed E-state index contributed by atoms with van der Waals surface area (Å²) in [5, 5.41) is 3.35. The maximum Gasteiger partial charge on any atom is 0.241 e. The molecule has 1 amide bonds. The van der Waals surface area contributed by atoms with E-state index in [0.29, 0.717) is 0 Å². The molecule has 3 unspecified atom stereocenters. The van der Waals surface area contributed by atoms with E-state index in [9.17, 15) is 4.79 Å². The van der Waals surface area contributed by atoms with Gasteiger partial charge in [-0.3, -0.25) is 10.1 Å². The Morgan fingerprint density at radius 2 is 1.94 bits per heavy atom. The SMILES string of the molecule is CCC1NC(C)N(C(C)CN(CC)CC)C1=O. The van der Waals surface area contributed by atoms with E-state index < -0.39 is 0 Å². The van der Waals surface area contributed by atoms with Gasteiger partial charge in [0.05, 0.1) is 12.2 Å². The molecule has 0 aromatic carbocycles. The maximum atomic E-state index is 12.2. The van der Waals surface area contributed by atoms with Gasteiger partial charge in [-0.1, -0.05) is 20.8 Å². The predicted molar refractivity (Wildman–Crippen MR) is 70.8 cm³/mol. The summed E-state index contributed by atoms with van der Waals surface area (Å²) in [4.78, 5) is 16.6. The third kappa shape index (κ3) is 3.19. The van der Waals surface area contributed by atoms with Gasteiger partial charge in [0.25, 0.3) is 0 Å². The number of hydrogen-bond acceptors (Lipinski definition) is 3. The quantitative estimate of drug-likeness (QED) is 0.761. The average Bonchev–Trinajstić information content (AvgIpc) is 2.60. The Morgan fingerprint density at radius 1 is 1.35 bits per heavy atom. The molecule has 1 saturated heterocycles. The highest BCUT2D eigenvalue weighted by Gasteiger charge is 2.37. The zero-order valence-electron chi connectivity index (χ0n) is 11.9. The maximum absolute atomic E-state index is 12.2. The van der Waals surface area contributed by atoms with Crippen molar-refractivity contribution in [3.8, 4) is 0 Å². The van der Waals surface area contributed by atoms with E-state index in [4.69, 9.17) is 0 Å². The van der Waals surface area contributed by atoms with Crippen LogP contribution in [0.15, 0.2) is 0 Å². The summed E-state index contributed by atoms with van der Waals surface area (Å²) in [5.41, 5.74) is 0. The molecule has 1 aliphatic heterocycles. The normalized spacial score (nSPS) is 26.9. The van der Waals surface area contributed by atoms with Crippen LogP contribution in [0.3, 0.4) is 0 Å². The molecule has 0 saturated carbocycles. The van der Waals surface area contributed by atoms with Crippen molar-refractivity contribution >= 4 is 5.91 Å². The van der Waals surface area contributed by atoms with E-state index in [2.05, 4.69) is 44.8 Å². The summed E-state index contributed by atoms with van der Waals surface area (Å²) in [6.45, 7) is 13.7. The van der Waals surface area contributed by atoms with Gasteiger partial charge in [-0.15, -0.1) is 0 Å². The summed E-state index contributed by atoms with van der Waals surface area (Å²) in [7, 11) is 0. The Morgan fingerprint density at radius 3 is 2.35 bits per heavy atom. The number of hydrogen-bond donors (Lipinski definition) is 1. The lowest BCUT2D eigenvalue weighted by atomic mass is 10.2. The van der Waals surface area contributed by atoms with Gasteiger partial charge in [0, 0.05) is 12.6 Å². The zero-order valence-corrected chi connectivity index (χ0v) is 11.9. The van der Waals surface area contributed by atoms with Crippen LogP contribution in [0.2, 0.25) is 0 Å². The van der Waals surface area contributed by atoms with Crippen LogP contribution in [0, 0.1) is 0 Å². The first-order valence-electron chi connectivity index (χ1n) is 6.85. The molecule has 1 N–H and O–H groups in total. The molecular weight excluding hydrogens is 214 g/mol. The van der Waals surface area contributed by atoms with Crippen molar-refractivity contribution in [3.05, 3.63) is 0 Å². The van der Waals surface area contributed by atoms with Gasteiger partial charge in [0.1, 0.15) is 0 Å². The number of carbonyl (C=O) groups excluding carboxylic acids is 1. The minimum absolute atomic E-state index is 0.0177. The fraction of sp³-hybridized carbons (Fsp3) is 0.923. The summed E-state index contributed by atoms with van der Waals surface area (Å²) < 4.78 is 0. The van der Waals surface area contributed by atoms with E-state index in [0.717, 1.165) is 26.1 Å². The lowest BCUT2D eigenvalue weighted by Crippen LogP contribution is -2.47. The molecule has 100 valence electrons. The molecule has 3 atom stereocenters. The van der Waals surface area contributed by atoms with Crippen LogP contribution in [0.5, 0.6) is 0 Å². The number of likely N-dealkylation sites (N-methyl/N-ethyl adjacent to an activating group) is 1. The van der Waals surface area contributed by atoms with Gasteiger partial charge < -0.3 is 9.80 Å². The standard InChI is InChI=1S/C13H27N3O/c1-6-12-13(17)16(11(5)14-12)10(4)9-15(7-2)8-3/h10-12,14H,6-9H2,1-5H3. The highest BCUT2D eigenvalue weighted by Crippen LogP contribution is 2.16. The monoisotopic (exact) mass is 241 g/mol. The molecule has 4 heteroatoms. The molecule has 0 radical (unpaired) electrons. The van der Waals surface area contributed by atoms with Crippen molar-refractivity contribution in [3.63, 3.8) is 0 Å². The molecule has 1 rings (SSSR count). The predicted octanol–water partition coefficient (Wildman–Crippen LogP) is 1.27. The Labute approximate surface area is 105 Å². The van der Waals surface area contributed by atoms with Gasteiger partial charge in [-0.25, -0.2) is 0 Å². The highest BCUT2D eigenvalue weighted by molar-refractivity contribution is 5.84. The number of nitrogens with one attached hydrogen (secondary N) is 1. The summed E-state index contributed by atoms with van der Waals surface area (Å²) in [6.07, 6.45) is 1.04. The molecule has 17 heavy (non-hydrogen) atoms. The van der Waals surface area contributed by atoms with E-state index in [1.807, 2.05) is 4.90 Å². The van der Waals surface area contributed by atoms with Crippen LogP contribution in [-0.4, -0.2) is 53.6 Å². The molecule has 1 aliphatic rings. The van der Waals surface area contributed by atoms with E-state index in [1.165, 1.54) is 0 Å². The fourth-order valence-corrected chi connectivity index (χ4v) is 2.65. The minimum Gasteiger partial charge on any atom is -0.322 e. The van der Waals surface area contributed by atoms with Gasteiger partial charge in [-0.05, 0) is 33.4 Å². The van der Waals surface area contributed by atoms with Gasteiger partial charge in [0.15, 0.2) is 0 Å². The molecule has 0 aromatic heterocycles. The molecule has 1 heterocycles. The zero-order chi connectivity index (χ0) is 13.0. The molecule has 4 nitrogen and oxygen atoms in total. The second kappa shape index (κ2) is 6.36. The van der Waals surface area contributed by atoms with Crippen LogP contribution in [-0.2, 0) is 4.79 Å². The number of carbonyl (C=O) groups is 1. The van der Waals surface area contributed by atoms with Crippen molar-refractivity contribution in [2.45, 2.75) is 59.3 Å². The molecular formula is C13H27N3O. The average molecular weight is 241 g/mol. The van der Waals surface area contributed by atoms with E-state index >= 15 is 0 Å². The first-order chi connectivity index (χ1) is 8.04. The summed E-state index contributed by atoms with van der Waals surface area (Å²) in [6, 6.07) is 0.297. The lowest BCUT2D eigenvalue weighted by Gasteiger charge is -2.32. The molecule has 0 aliphatic carbocycles. The first-order valence-corrected chi connectivity index (χ1v) is 6.85. The van der Waals surface area contributed by atoms with Crippen LogP contribution in [0.4, 0.5) is 0 Å². The second-order valence-corrected chi connectivity index (χ2v) is 4.88. The number of rotatable bonds is 6. The summed E-state index contributed by atoms with van der Waals surface area (Å²) >= 11 is 0. The molecule has 1 fully saturated rings. The first kappa shape index (κ1) is 14.5. The molecule has 0 bridgehead atoms. The Kier molecular flexibility index (Phi) is 5.40. The number of amides is 1. The minimum atomic E-state index is 0.0177. The van der Waals surface area contributed by atoms with Gasteiger partial charge in [-0.2, -0.15) is 0 Å². The second-order valence-electron chi connectivity index (χ2n) is 4.88. The third-order valence-electron chi connectivity index (χ3n) is 3.71. The summed E-state index contributed by atoms with van der Waals surface area (Å²) in [5.74, 6) is 0.264. The topological polar surface area (TPSA) is 35.6 Å². The Hall–Kier alpha value is -0.610. The molecule has 0 spiro atoms. The fourth-order valence-electron chi connectivity index (χ4n) is 2.65. The van der Waals surface area contributed by atoms with Gasteiger partial charge in [0.2, 0.25) is 5.91 Å². The Bertz CT molecular complexity index is 253. The van der Waals surface area contributed by atoms with Crippen LogP contribution >= 0.6 is 0 Å². The molecule has 0 aromatic rings. The van der Waals surface area contributed by atoms with Crippen molar-refractivity contribution in [1.29, 1.82) is 0 Å². The van der Waals surface area contributed by atoms with Gasteiger partial charge >= 0.3 is 0 Å². The van der Waals surface area contributed by atoms with Crippen molar-refractivity contribution in [2.75, 3.05) is 19.6 Å². The van der Waals surface area contributed by atoms with Crippen LogP contribution in [0.1, 0.15) is 41.0 Å². The number of nitrogens with zero attached hydrogens (tertiary/aromatic N) is 2. The highest BCUT2D eigenvalue weighted by atomic mass is 16.2. The van der Waals surface area contributed by atoms with Crippen molar-refractivity contribution < 1.29 is 4.79 Å². The van der Waals surface area contributed by atoms with Crippen LogP contribution < -0.4 is 5.32 Å². The lowest BCUT2D eigenvalue weighted by molar-refractivity contribution is -0.132.